The van der Waals surface area contributed by atoms with Crippen LogP contribution in [-0.4, -0.2) is 121 Å². The molecule has 0 unspecified atom stereocenters. The van der Waals surface area contributed by atoms with Crippen LogP contribution in [0, 0.1) is 0 Å². The minimum atomic E-state index is -2.84. The number of allylic oxidation sites excluding steroid dienone is 4. The summed E-state index contributed by atoms with van der Waals surface area (Å²) in [5.41, 5.74) is -2.57. The van der Waals surface area contributed by atoms with Crippen LogP contribution in [0.3, 0.4) is 0 Å². The van der Waals surface area contributed by atoms with Gasteiger partial charge in [-0.1, -0.05) is 63.3 Å². The van der Waals surface area contributed by atoms with Gasteiger partial charge in [0, 0.05) is 6.42 Å². The van der Waals surface area contributed by atoms with E-state index in [9.17, 15) is 45.6 Å². The van der Waals surface area contributed by atoms with E-state index in [2.05, 4.69) is 31.2 Å². The number of hydrogen-bond donors (Lipinski definition) is 8. The van der Waals surface area contributed by atoms with Crippen LogP contribution in [0.15, 0.2) is 24.3 Å². The maximum atomic E-state index is 13.0. The second kappa shape index (κ2) is 18.4. The van der Waals surface area contributed by atoms with Crippen LogP contribution in [-0.2, 0) is 19.0 Å². The zero-order valence-electron chi connectivity index (χ0n) is 24.7. The lowest BCUT2D eigenvalue weighted by molar-refractivity contribution is -0.415. The van der Waals surface area contributed by atoms with Gasteiger partial charge < -0.3 is 55.1 Å². The summed E-state index contributed by atoms with van der Waals surface area (Å²) in [5, 5.41) is 82.6. The SMILES string of the molecule is CCCCCC=CCC=CCCCCCCCC(=O)O[C@@]1([C@@]2(CO)O[C@H](CO)[C@@H](O)[C@@H]2O)O[C@H](CO)[C@@H](O)[C@H](O)[C@H]1O. The Morgan fingerprint density at radius 2 is 1.29 bits per heavy atom. The normalized spacial score (nSPS) is 35.4. The Balaban J connectivity index is 1.92. The van der Waals surface area contributed by atoms with Crippen molar-refractivity contribution < 1.29 is 59.9 Å². The topological polar surface area (TPSA) is 207 Å². The van der Waals surface area contributed by atoms with Crippen molar-refractivity contribution in [2.75, 3.05) is 19.8 Å². The molecule has 8 N–H and O–H groups in total. The molecule has 0 bridgehead atoms. The molecule has 9 atom stereocenters. The van der Waals surface area contributed by atoms with E-state index in [1.165, 1.54) is 19.3 Å². The van der Waals surface area contributed by atoms with Gasteiger partial charge in [-0.05, 0) is 38.5 Å². The van der Waals surface area contributed by atoms with Gasteiger partial charge in [-0.15, -0.1) is 0 Å². The zero-order chi connectivity index (χ0) is 31.2. The molecule has 12 nitrogen and oxygen atoms in total. The van der Waals surface area contributed by atoms with Crippen molar-refractivity contribution in [1.29, 1.82) is 0 Å². The van der Waals surface area contributed by atoms with Crippen molar-refractivity contribution in [3.05, 3.63) is 24.3 Å². The van der Waals surface area contributed by atoms with Gasteiger partial charge in [0.1, 0.15) is 36.6 Å². The molecule has 0 spiro atoms. The number of rotatable bonds is 19. The largest absolute Gasteiger partial charge is 0.427 e. The van der Waals surface area contributed by atoms with Crippen LogP contribution >= 0.6 is 0 Å². The average Bonchev–Trinajstić information content (AvgIpc) is 3.25. The maximum Gasteiger partial charge on any atom is 0.308 e. The van der Waals surface area contributed by atoms with Gasteiger partial charge in [-0.3, -0.25) is 4.79 Å². The smallest absolute Gasteiger partial charge is 0.308 e. The maximum absolute atomic E-state index is 13.0. The fourth-order valence-corrected chi connectivity index (χ4v) is 5.53. The van der Waals surface area contributed by atoms with E-state index in [1.807, 2.05) is 0 Å². The lowest BCUT2D eigenvalue weighted by Crippen LogP contribution is -2.78. The lowest BCUT2D eigenvalue weighted by Gasteiger charge is -2.54. The summed E-state index contributed by atoms with van der Waals surface area (Å²) < 4.78 is 16.7. The molecule has 12 heteroatoms. The molecule has 0 aliphatic carbocycles. The third-order valence-corrected chi connectivity index (χ3v) is 8.10. The minimum Gasteiger partial charge on any atom is -0.427 e. The predicted octanol–water partition coefficient (Wildman–Crippen LogP) is 0.357. The fourth-order valence-electron chi connectivity index (χ4n) is 5.53. The Morgan fingerprint density at radius 1 is 0.714 bits per heavy atom. The quantitative estimate of drug-likeness (QED) is 0.0571. The van der Waals surface area contributed by atoms with Crippen molar-refractivity contribution >= 4 is 5.97 Å². The number of carbonyl (C=O) groups is 1. The van der Waals surface area contributed by atoms with E-state index < -0.39 is 79.9 Å². The molecule has 42 heavy (non-hydrogen) atoms. The van der Waals surface area contributed by atoms with Crippen molar-refractivity contribution in [3.8, 4) is 0 Å². The summed E-state index contributed by atoms with van der Waals surface area (Å²) in [6, 6.07) is 0. The second-order valence-corrected chi connectivity index (χ2v) is 11.2. The summed E-state index contributed by atoms with van der Waals surface area (Å²) in [6.07, 6.45) is 6.26. The Bertz CT molecular complexity index is 835. The van der Waals surface area contributed by atoms with Gasteiger partial charge in [0.2, 0.25) is 0 Å². The van der Waals surface area contributed by atoms with Gasteiger partial charge in [0.05, 0.1) is 19.8 Å². The monoisotopic (exact) mass is 604 g/mol. The average molecular weight is 605 g/mol. The van der Waals surface area contributed by atoms with Crippen LogP contribution in [0.5, 0.6) is 0 Å². The first-order chi connectivity index (χ1) is 20.2. The number of ether oxygens (including phenoxy) is 3. The highest BCUT2D eigenvalue weighted by Crippen LogP contribution is 2.48. The molecule has 2 saturated heterocycles. The standard InChI is InChI=1S/C30H52O12/c1-2-3-4-5-6-7-8-9-10-11-12-13-14-15-16-17-23(34)42-30(28(39)26(37)24(35)21(18-31)41-30)29(20-33)27(38)25(36)22(19-32)40-29/h6-7,9-10,21-22,24-28,31-33,35-39H,2-5,8,11-20H2,1H3/t21-,22-,24-,25-,26+,27+,28-,29+,30+/m1/s1. The van der Waals surface area contributed by atoms with Gasteiger partial charge >= 0.3 is 5.97 Å². The summed E-state index contributed by atoms with van der Waals surface area (Å²) in [5.74, 6) is -3.77. The Labute approximate surface area is 248 Å². The summed E-state index contributed by atoms with van der Waals surface area (Å²) >= 11 is 0. The molecule has 2 aliphatic rings. The van der Waals surface area contributed by atoms with Crippen LogP contribution in [0.4, 0.5) is 0 Å². The van der Waals surface area contributed by atoms with Crippen molar-refractivity contribution in [1.82, 2.24) is 0 Å². The van der Waals surface area contributed by atoms with Crippen LogP contribution in [0.1, 0.15) is 84.0 Å². The third-order valence-electron chi connectivity index (χ3n) is 8.10. The van der Waals surface area contributed by atoms with E-state index >= 15 is 0 Å². The number of esters is 1. The first kappa shape index (κ1) is 36.7. The van der Waals surface area contributed by atoms with E-state index in [0.717, 1.165) is 38.5 Å². The Morgan fingerprint density at radius 3 is 1.86 bits per heavy atom. The molecule has 2 fully saturated rings. The Kier molecular flexibility index (Phi) is 16.1. The predicted molar refractivity (Wildman–Crippen MR) is 152 cm³/mol. The molecule has 0 amide bonds. The number of carbonyl (C=O) groups excluding carboxylic acids is 1. The number of aliphatic hydroxyl groups excluding tert-OH is 8. The fraction of sp³-hybridized carbons (Fsp3) is 0.833. The number of hydrogen-bond acceptors (Lipinski definition) is 12. The molecule has 2 aliphatic heterocycles. The molecule has 0 saturated carbocycles. The zero-order valence-corrected chi connectivity index (χ0v) is 24.7. The third kappa shape index (κ3) is 8.81. The molecule has 244 valence electrons. The highest BCUT2D eigenvalue weighted by atomic mass is 16.8. The van der Waals surface area contributed by atoms with Crippen molar-refractivity contribution in [3.63, 3.8) is 0 Å². The van der Waals surface area contributed by atoms with Crippen LogP contribution in [0.25, 0.3) is 0 Å². The molecule has 0 aromatic rings. The minimum absolute atomic E-state index is 0.144. The number of aliphatic hydroxyl groups is 8. The van der Waals surface area contributed by atoms with Crippen molar-refractivity contribution in [2.45, 2.75) is 138 Å². The van der Waals surface area contributed by atoms with E-state index in [4.69, 9.17) is 14.2 Å². The van der Waals surface area contributed by atoms with Gasteiger partial charge in [0.25, 0.3) is 5.79 Å². The molecule has 2 heterocycles. The molecular weight excluding hydrogens is 552 g/mol. The van der Waals surface area contributed by atoms with Crippen molar-refractivity contribution in [2.24, 2.45) is 0 Å². The molecular formula is C30H52O12. The molecule has 2 rings (SSSR count). The van der Waals surface area contributed by atoms with E-state index in [-0.39, 0.29) is 6.42 Å². The second-order valence-electron chi connectivity index (χ2n) is 11.2. The Hall–Kier alpha value is -1.45. The highest BCUT2D eigenvalue weighted by molar-refractivity contribution is 5.70. The van der Waals surface area contributed by atoms with Gasteiger partial charge in [-0.25, -0.2) is 0 Å². The summed E-state index contributed by atoms with van der Waals surface area (Å²) in [6.45, 7) is -0.686. The van der Waals surface area contributed by atoms with Crippen LogP contribution in [0.2, 0.25) is 0 Å². The lowest BCUT2D eigenvalue weighted by atomic mass is 9.78. The van der Waals surface area contributed by atoms with Crippen LogP contribution < -0.4 is 0 Å². The van der Waals surface area contributed by atoms with Gasteiger partial charge in [-0.2, -0.15) is 0 Å². The van der Waals surface area contributed by atoms with Gasteiger partial charge in [0.15, 0.2) is 11.7 Å². The summed E-state index contributed by atoms with van der Waals surface area (Å²) in [4.78, 5) is 13.0. The van der Waals surface area contributed by atoms with E-state index in [0.29, 0.717) is 12.8 Å². The molecule has 0 aromatic carbocycles. The number of unbranched alkanes of at least 4 members (excludes halogenated alkanes) is 8. The summed E-state index contributed by atoms with van der Waals surface area (Å²) in [7, 11) is 0. The highest BCUT2D eigenvalue weighted by Gasteiger charge is 2.74. The first-order valence-electron chi connectivity index (χ1n) is 15.3. The molecule has 0 radical (unpaired) electrons. The first-order valence-corrected chi connectivity index (χ1v) is 15.3. The molecule has 0 aromatic heterocycles. The van der Waals surface area contributed by atoms with E-state index in [1.54, 1.807) is 0 Å².